The maximum absolute atomic E-state index is 5.54. The molecule has 0 amide bonds. The quantitative estimate of drug-likeness (QED) is 0.595. The summed E-state index contributed by atoms with van der Waals surface area (Å²) >= 11 is 0. The van der Waals surface area contributed by atoms with Crippen molar-refractivity contribution in [1.29, 1.82) is 0 Å². The average molecular weight is 419 g/mol. The number of hydrogen-bond acceptors (Lipinski definition) is 5. The number of ether oxygens (including phenoxy) is 3. The summed E-state index contributed by atoms with van der Waals surface area (Å²) in [6.45, 7) is 4.34. The lowest BCUT2D eigenvalue weighted by molar-refractivity contribution is 0.324. The number of aromatic nitrogens is 1. The van der Waals surface area contributed by atoms with Crippen molar-refractivity contribution in [2.45, 2.75) is 25.7 Å². The second-order valence-electron chi connectivity index (χ2n) is 7.92. The predicted molar refractivity (Wildman–Crippen MR) is 124 cm³/mol. The molecule has 0 bridgehead atoms. The minimum atomic E-state index is 0.587. The molecule has 0 spiro atoms. The van der Waals surface area contributed by atoms with Crippen LogP contribution in [-0.4, -0.2) is 39.4 Å². The van der Waals surface area contributed by atoms with Gasteiger partial charge in [-0.3, -0.25) is 4.98 Å². The second-order valence-corrected chi connectivity index (χ2v) is 7.92. The Bertz CT molecular complexity index is 1020. The molecule has 1 aliphatic heterocycles. The van der Waals surface area contributed by atoms with Gasteiger partial charge in [0.25, 0.3) is 0 Å². The number of benzene rings is 2. The zero-order valence-electron chi connectivity index (χ0n) is 18.7. The van der Waals surface area contributed by atoms with Gasteiger partial charge in [0.15, 0.2) is 11.5 Å². The third-order valence-electron chi connectivity index (χ3n) is 6.22. The largest absolute Gasteiger partial charge is 0.493 e. The molecule has 0 atom stereocenters. The van der Waals surface area contributed by atoms with E-state index in [1.54, 1.807) is 21.3 Å². The van der Waals surface area contributed by atoms with Crippen molar-refractivity contribution in [2.75, 3.05) is 34.4 Å². The highest BCUT2D eigenvalue weighted by Crippen LogP contribution is 2.42. The number of rotatable bonds is 6. The van der Waals surface area contributed by atoms with Gasteiger partial charge in [0.05, 0.1) is 21.3 Å². The van der Waals surface area contributed by atoms with Crippen molar-refractivity contribution in [3.05, 3.63) is 59.9 Å². The van der Waals surface area contributed by atoms with Gasteiger partial charge in [-0.15, -0.1) is 0 Å². The number of hydrogen-bond donors (Lipinski definition) is 1. The van der Waals surface area contributed by atoms with E-state index in [0.29, 0.717) is 23.2 Å². The van der Waals surface area contributed by atoms with E-state index in [1.807, 2.05) is 24.5 Å². The fourth-order valence-electron chi connectivity index (χ4n) is 4.43. The maximum Gasteiger partial charge on any atom is 0.203 e. The summed E-state index contributed by atoms with van der Waals surface area (Å²) in [6, 6.07) is 12.9. The lowest BCUT2D eigenvalue weighted by Gasteiger charge is -2.23. The van der Waals surface area contributed by atoms with Gasteiger partial charge in [0, 0.05) is 23.5 Å². The SMILES string of the molecule is COc1cc(-c2cncc(-c3ccc(C4CCNCC4)cc3)c2C)cc(OC)c1OC. The monoisotopic (exact) mass is 418 g/mol. The number of pyridine rings is 1. The van der Waals surface area contributed by atoms with Crippen LogP contribution < -0.4 is 19.5 Å². The highest BCUT2D eigenvalue weighted by Gasteiger charge is 2.18. The van der Waals surface area contributed by atoms with Crippen molar-refractivity contribution in [1.82, 2.24) is 10.3 Å². The molecule has 2 aromatic carbocycles. The van der Waals surface area contributed by atoms with Gasteiger partial charge in [-0.25, -0.2) is 0 Å². The Morgan fingerprint density at radius 2 is 1.39 bits per heavy atom. The summed E-state index contributed by atoms with van der Waals surface area (Å²) in [7, 11) is 4.88. The lowest BCUT2D eigenvalue weighted by Crippen LogP contribution is -2.26. The van der Waals surface area contributed by atoms with Gasteiger partial charge >= 0.3 is 0 Å². The first kappa shape index (κ1) is 21.2. The van der Waals surface area contributed by atoms with Gasteiger partial charge in [-0.05, 0) is 73.2 Å². The van der Waals surface area contributed by atoms with Crippen LogP contribution in [0.4, 0.5) is 0 Å². The number of piperidine rings is 1. The van der Waals surface area contributed by atoms with Gasteiger partial charge < -0.3 is 19.5 Å². The molecule has 5 heteroatoms. The molecule has 1 N–H and O–H groups in total. The Labute approximate surface area is 184 Å². The third kappa shape index (κ3) is 4.23. The molecule has 2 heterocycles. The van der Waals surface area contributed by atoms with Crippen LogP contribution in [0.25, 0.3) is 22.3 Å². The first-order chi connectivity index (χ1) is 15.2. The number of nitrogens with zero attached hydrogens (tertiary/aromatic N) is 1. The van der Waals surface area contributed by atoms with Crippen molar-refractivity contribution in [3.8, 4) is 39.5 Å². The van der Waals surface area contributed by atoms with Crippen LogP contribution in [0.15, 0.2) is 48.8 Å². The fraction of sp³-hybridized carbons (Fsp3) is 0.346. The average Bonchev–Trinajstić information content (AvgIpc) is 2.84. The Morgan fingerprint density at radius 3 is 1.94 bits per heavy atom. The molecule has 1 saturated heterocycles. The number of nitrogens with one attached hydrogen (secondary N) is 1. The molecule has 1 aromatic heterocycles. The van der Waals surface area contributed by atoms with E-state index in [4.69, 9.17) is 14.2 Å². The Kier molecular flexibility index (Phi) is 6.42. The molecule has 5 nitrogen and oxygen atoms in total. The van der Waals surface area contributed by atoms with Crippen LogP contribution >= 0.6 is 0 Å². The van der Waals surface area contributed by atoms with Crippen molar-refractivity contribution >= 4 is 0 Å². The molecule has 1 aliphatic rings. The Morgan fingerprint density at radius 1 is 0.806 bits per heavy atom. The molecule has 1 fully saturated rings. The Hall–Kier alpha value is -3.05. The van der Waals surface area contributed by atoms with Crippen LogP contribution in [0.3, 0.4) is 0 Å². The molecule has 0 unspecified atom stereocenters. The minimum Gasteiger partial charge on any atom is -0.493 e. The zero-order chi connectivity index (χ0) is 21.8. The summed E-state index contributed by atoms with van der Waals surface area (Å²) in [4.78, 5) is 4.54. The van der Waals surface area contributed by atoms with Crippen LogP contribution in [0.5, 0.6) is 17.2 Å². The standard InChI is InChI=1S/C26H30N2O3/c1-17-22(20-7-5-18(6-8-20)19-9-11-27-12-10-19)15-28-16-23(17)21-13-24(29-2)26(31-4)25(14-21)30-3/h5-8,13-16,19,27H,9-12H2,1-4H3. The molecule has 4 rings (SSSR count). The van der Waals surface area contributed by atoms with Crippen molar-refractivity contribution < 1.29 is 14.2 Å². The molecule has 162 valence electrons. The van der Waals surface area contributed by atoms with Crippen LogP contribution in [0.1, 0.15) is 29.9 Å². The zero-order valence-corrected chi connectivity index (χ0v) is 18.7. The van der Waals surface area contributed by atoms with Crippen LogP contribution in [0.2, 0.25) is 0 Å². The first-order valence-corrected chi connectivity index (χ1v) is 10.7. The van der Waals surface area contributed by atoms with E-state index < -0.39 is 0 Å². The van der Waals surface area contributed by atoms with E-state index in [0.717, 1.165) is 29.8 Å². The van der Waals surface area contributed by atoms with E-state index in [-0.39, 0.29) is 0 Å². The van der Waals surface area contributed by atoms with E-state index >= 15 is 0 Å². The topological polar surface area (TPSA) is 52.6 Å². The molecular formula is C26H30N2O3. The van der Waals surface area contributed by atoms with Gasteiger partial charge in [0.2, 0.25) is 5.75 Å². The minimum absolute atomic E-state index is 0.587. The second kappa shape index (κ2) is 9.40. The summed E-state index contributed by atoms with van der Waals surface area (Å²) in [5.41, 5.74) is 6.92. The van der Waals surface area contributed by atoms with E-state index in [2.05, 4.69) is 41.5 Å². The van der Waals surface area contributed by atoms with Crippen molar-refractivity contribution in [2.24, 2.45) is 0 Å². The third-order valence-corrected chi connectivity index (χ3v) is 6.22. The fourth-order valence-corrected chi connectivity index (χ4v) is 4.43. The van der Waals surface area contributed by atoms with Gasteiger partial charge in [-0.1, -0.05) is 24.3 Å². The summed E-state index contributed by atoms with van der Waals surface area (Å²) < 4.78 is 16.5. The molecule has 0 aliphatic carbocycles. The molecule has 0 radical (unpaired) electrons. The molecule has 3 aromatic rings. The summed E-state index contributed by atoms with van der Waals surface area (Å²) in [5, 5.41) is 3.44. The molecular weight excluding hydrogens is 388 g/mol. The van der Waals surface area contributed by atoms with E-state index in [9.17, 15) is 0 Å². The predicted octanol–water partition coefficient (Wildman–Crippen LogP) is 5.22. The molecule has 31 heavy (non-hydrogen) atoms. The van der Waals surface area contributed by atoms with Gasteiger partial charge in [0.1, 0.15) is 0 Å². The maximum atomic E-state index is 5.54. The smallest absolute Gasteiger partial charge is 0.203 e. The lowest BCUT2D eigenvalue weighted by atomic mass is 9.88. The molecule has 0 saturated carbocycles. The highest BCUT2D eigenvalue weighted by molar-refractivity contribution is 5.79. The normalized spacial score (nSPS) is 14.3. The van der Waals surface area contributed by atoms with E-state index in [1.165, 1.54) is 29.5 Å². The van der Waals surface area contributed by atoms with Crippen molar-refractivity contribution in [3.63, 3.8) is 0 Å². The van der Waals surface area contributed by atoms with Gasteiger partial charge in [-0.2, -0.15) is 0 Å². The summed E-state index contributed by atoms with van der Waals surface area (Å²) in [6.07, 6.45) is 6.24. The van der Waals surface area contributed by atoms with Crippen LogP contribution in [-0.2, 0) is 0 Å². The number of methoxy groups -OCH3 is 3. The first-order valence-electron chi connectivity index (χ1n) is 10.7. The Balaban J connectivity index is 1.71. The van der Waals surface area contributed by atoms with Crippen LogP contribution in [0, 0.1) is 6.92 Å². The summed E-state index contributed by atoms with van der Waals surface area (Å²) in [5.74, 6) is 2.50. The highest BCUT2D eigenvalue weighted by atomic mass is 16.5.